The number of benzene rings is 1. The molecule has 0 aliphatic carbocycles. The molecular weight excluding hydrogens is 257 g/mol. The molecule has 1 aromatic carbocycles. The summed E-state index contributed by atoms with van der Waals surface area (Å²) >= 11 is 3.08. The average molecular weight is 264 g/mol. The quantitative estimate of drug-likeness (QED) is 0.775. The van der Waals surface area contributed by atoms with Crippen LogP contribution < -0.4 is 0 Å². The first-order chi connectivity index (χ1) is 6.56. The molecule has 0 unspecified atom stereocenters. The molecule has 0 nitrogen and oxygen atoms in total. The summed E-state index contributed by atoms with van der Waals surface area (Å²) in [5.74, 6) is -1.08. The molecule has 1 rings (SSSR count). The minimum atomic E-state index is -2.73. The van der Waals surface area contributed by atoms with E-state index in [4.69, 9.17) is 0 Å². The summed E-state index contributed by atoms with van der Waals surface area (Å²) in [4.78, 5) is 0. The van der Waals surface area contributed by atoms with Gasteiger partial charge in [-0.25, -0.2) is 13.2 Å². The van der Waals surface area contributed by atoms with Crippen LogP contribution in [0.5, 0.6) is 0 Å². The maximum atomic E-state index is 13.1. The van der Waals surface area contributed by atoms with Crippen LogP contribution in [-0.4, -0.2) is 6.43 Å². The van der Waals surface area contributed by atoms with Gasteiger partial charge in [-0.3, -0.25) is 0 Å². The van der Waals surface area contributed by atoms with E-state index in [-0.39, 0.29) is 5.56 Å². The van der Waals surface area contributed by atoms with E-state index in [0.717, 1.165) is 12.1 Å². The fourth-order valence-electron chi connectivity index (χ4n) is 1.04. The van der Waals surface area contributed by atoms with Crippen molar-refractivity contribution in [3.8, 4) is 0 Å². The second kappa shape index (κ2) is 4.64. The molecule has 0 saturated carbocycles. The van der Waals surface area contributed by atoms with Crippen LogP contribution in [0.2, 0.25) is 0 Å². The number of rotatable bonds is 3. The second-order valence-electron chi connectivity index (χ2n) is 2.58. The maximum Gasteiger partial charge on any atom is 0.253 e. The van der Waals surface area contributed by atoms with Gasteiger partial charge in [0.15, 0.2) is 0 Å². The molecule has 14 heavy (non-hydrogen) atoms. The summed E-state index contributed by atoms with van der Waals surface area (Å²) < 4.78 is 38.5. The van der Waals surface area contributed by atoms with Gasteiger partial charge in [-0.1, -0.05) is 22.0 Å². The molecule has 0 aliphatic rings. The van der Waals surface area contributed by atoms with Crippen molar-refractivity contribution in [3.63, 3.8) is 0 Å². The zero-order chi connectivity index (χ0) is 10.7. The fourth-order valence-corrected chi connectivity index (χ4v) is 1.40. The molecule has 0 heterocycles. The van der Waals surface area contributed by atoms with Crippen molar-refractivity contribution < 1.29 is 13.2 Å². The average Bonchev–Trinajstić information content (AvgIpc) is 2.11. The lowest BCUT2D eigenvalue weighted by Gasteiger charge is -2.11. The van der Waals surface area contributed by atoms with Crippen molar-refractivity contribution in [2.45, 2.75) is 6.43 Å². The van der Waals surface area contributed by atoms with Crippen LogP contribution in [0.25, 0.3) is 0 Å². The smallest absolute Gasteiger partial charge is 0.209 e. The van der Waals surface area contributed by atoms with E-state index in [0.29, 0.717) is 4.47 Å². The van der Waals surface area contributed by atoms with Crippen LogP contribution in [0, 0.1) is 11.7 Å². The minimum Gasteiger partial charge on any atom is -0.209 e. The van der Waals surface area contributed by atoms with Crippen LogP contribution in [0.4, 0.5) is 13.2 Å². The highest BCUT2D eigenvalue weighted by Crippen LogP contribution is 2.27. The van der Waals surface area contributed by atoms with Gasteiger partial charge in [-0.05, 0) is 18.2 Å². The van der Waals surface area contributed by atoms with Crippen molar-refractivity contribution in [2.75, 3.05) is 0 Å². The maximum absolute atomic E-state index is 13.1. The predicted molar refractivity (Wildman–Crippen MR) is 52.6 cm³/mol. The first-order valence-corrected chi connectivity index (χ1v) is 4.58. The summed E-state index contributed by atoms with van der Waals surface area (Å²) in [6.07, 6.45) is -1.76. The summed E-state index contributed by atoms with van der Waals surface area (Å²) in [6.45, 7) is 3.23. The summed E-state index contributed by atoms with van der Waals surface area (Å²) in [7, 11) is 0. The van der Waals surface area contributed by atoms with Crippen molar-refractivity contribution in [2.24, 2.45) is 0 Å². The molecule has 1 radical (unpaired) electrons. The Morgan fingerprint density at radius 3 is 2.57 bits per heavy atom. The molecule has 4 heteroatoms. The summed E-state index contributed by atoms with van der Waals surface area (Å²) in [6, 6.07) is 3.88. The van der Waals surface area contributed by atoms with Crippen LogP contribution in [0.3, 0.4) is 0 Å². The summed E-state index contributed by atoms with van der Waals surface area (Å²) in [5.41, 5.74) is -0.121. The molecule has 0 spiro atoms. The van der Waals surface area contributed by atoms with Gasteiger partial charge in [0.1, 0.15) is 5.82 Å². The lowest BCUT2D eigenvalue weighted by Crippen LogP contribution is -2.09. The Labute approximate surface area is 88.6 Å². The van der Waals surface area contributed by atoms with E-state index in [1.165, 1.54) is 12.1 Å². The highest BCUT2D eigenvalue weighted by molar-refractivity contribution is 9.10. The Kier molecular flexibility index (Phi) is 3.75. The van der Waals surface area contributed by atoms with Crippen molar-refractivity contribution >= 4 is 15.9 Å². The van der Waals surface area contributed by atoms with E-state index < -0.39 is 18.2 Å². The number of hydrogen-bond acceptors (Lipinski definition) is 0. The van der Waals surface area contributed by atoms with Gasteiger partial charge in [0.05, 0.1) is 5.92 Å². The monoisotopic (exact) mass is 263 g/mol. The van der Waals surface area contributed by atoms with E-state index in [9.17, 15) is 13.2 Å². The van der Waals surface area contributed by atoms with Crippen molar-refractivity contribution in [3.05, 3.63) is 52.6 Å². The van der Waals surface area contributed by atoms with Crippen molar-refractivity contribution in [1.82, 2.24) is 0 Å². The molecule has 0 bridgehead atoms. The van der Waals surface area contributed by atoms with E-state index in [1.807, 2.05) is 0 Å². The first-order valence-electron chi connectivity index (χ1n) is 3.79. The van der Waals surface area contributed by atoms with Gasteiger partial charge in [0.25, 0.3) is 6.43 Å². The summed E-state index contributed by atoms with van der Waals surface area (Å²) in [5, 5.41) is 0. The van der Waals surface area contributed by atoms with E-state index in [1.54, 1.807) is 0 Å². The number of halogens is 4. The molecule has 0 atom stereocenters. The molecular formula is C10H7BrF3. The van der Waals surface area contributed by atoms with Gasteiger partial charge in [-0.15, -0.1) is 6.58 Å². The van der Waals surface area contributed by atoms with Gasteiger partial charge in [0, 0.05) is 10.0 Å². The zero-order valence-corrected chi connectivity index (χ0v) is 8.69. The molecule has 0 aromatic heterocycles. The van der Waals surface area contributed by atoms with E-state index in [2.05, 4.69) is 22.5 Å². The minimum absolute atomic E-state index is 0.121. The highest BCUT2D eigenvalue weighted by atomic mass is 79.9. The second-order valence-corrected chi connectivity index (χ2v) is 3.50. The van der Waals surface area contributed by atoms with Crippen molar-refractivity contribution in [1.29, 1.82) is 0 Å². The van der Waals surface area contributed by atoms with Gasteiger partial charge >= 0.3 is 0 Å². The first kappa shape index (κ1) is 11.3. The molecule has 1 aromatic rings. The number of hydrogen-bond donors (Lipinski definition) is 0. The van der Waals surface area contributed by atoms with Crippen LogP contribution >= 0.6 is 15.9 Å². The molecule has 0 fully saturated rings. The Morgan fingerprint density at radius 1 is 1.43 bits per heavy atom. The predicted octanol–water partition coefficient (Wildman–Crippen LogP) is 3.96. The SMILES string of the molecule is C=C[C](c1cc(Br)ccc1F)C(F)F. The van der Waals surface area contributed by atoms with Crippen LogP contribution in [0.15, 0.2) is 35.3 Å². The molecule has 0 aliphatic heterocycles. The van der Waals surface area contributed by atoms with Gasteiger partial charge in [0.2, 0.25) is 0 Å². The third-order valence-corrected chi connectivity index (χ3v) is 2.19. The third kappa shape index (κ3) is 2.38. The lowest BCUT2D eigenvalue weighted by molar-refractivity contribution is 0.174. The third-order valence-electron chi connectivity index (χ3n) is 1.69. The van der Waals surface area contributed by atoms with Gasteiger partial charge < -0.3 is 0 Å². The Morgan fingerprint density at radius 2 is 2.07 bits per heavy atom. The molecule has 0 amide bonds. The lowest BCUT2D eigenvalue weighted by atomic mass is 9.99. The molecule has 0 N–H and O–H groups in total. The zero-order valence-electron chi connectivity index (χ0n) is 7.11. The van der Waals surface area contributed by atoms with Crippen LogP contribution in [0.1, 0.15) is 5.56 Å². The molecule has 0 saturated heterocycles. The normalized spacial score (nSPS) is 11.0. The van der Waals surface area contributed by atoms with Crippen LogP contribution in [-0.2, 0) is 0 Å². The largest absolute Gasteiger partial charge is 0.253 e. The molecule has 75 valence electrons. The Bertz CT molecular complexity index is 336. The Balaban J connectivity index is 3.15. The standard InChI is InChI=1S/C10H7BrF3/c1-2-7(10(13)14)8-5-6(11)3-4-9(8)12/h2-5,10H,1H2. The Hall–Kier alpha value is -0.770. The number of alkyl halides is 2. The highest BCUT2D eigenvalue weighted by Gasteiger charge is 2.23. The van der Waals surface area contributed by atoms with E-state index >= 15 is 0 Å². The van der Waals surface area contributed by atoms with Gasteiger partial charge in [-0.2, -0.15) is 0 Å². The number of allylic oxidation sites excluding steroid dienone is 1. The fraction of sp³-hybridized carbons (Fsp3) is 0.100. The topological polar surface area (TPSA) is 0 Å².